The third-order valence-electron chi connectivity index (χ3n) is 5.05. The van der Waals surface area contributed by atoms with Crippen LogP contribution in [-0.2, 0) is 0 Å². The number of carbonyl (C=O) groups is 1. The molecule has 1 saturated heterocycles. The Morgan fingerprint density at radius 1 is 1.19 bits per heavy atom. The standard InChI is InChI=1S/C20H20IN5O3S.ClH/c21-16-4-2-1-3-15(16)19(27)22-7-8-24-9-11-25(12-10-24)20-23-17-6-5-14(26(28)29)13-18(17)30-20;/h1-6,13H,7-12H2,(H,22,27);1H. The van der Waals surface area contributed by atoms with Crippen LogP contribution < -0.4 is 10.2 Å². The molecule has 1 aliphatic heterocycles. The Hall–Kier alpha value is -2.02. The van der Waals surface area contributed by atoms with Gasteiger partial charge in [-0.05, 0) is 40.8 Å². The van der Waals surface area contributed by atoms with E-state index in [1.807, 2.05) is 24.3 Å². The summed E-state index contributed by atoms with van der Waals surface area (Å²) in [6.45, 7) is 4.85. The van der Waals surface area contributed by atoms with Crippen LogP contribution in [0.2, 0.25) is 0 Å². The maximum Gasteiger partial charge on any atom is 0.270 e. The molecule has 2 aromatic carbocycles. The van der Waals surface area contributed by atoms with Crippen molar-refractivity contribution in [1.29, 1.82) is 0 Å². The molecule has 1 amide bonds. The van der Waals surface area contributed by atoms with Crippen LogP contribution in [0.1, 0.15) is 10.4 Å². The molecule has 2 heterocycles. The molecule has 0 unspecified atom stereocenters. The van der Waals surface area contributed by atoms with Crippen molar-refractivity contribution in [1.82, 2.24) is 15.2 Å². The van der Waals surface area contributed by atoms with Crippen molar-refractivity contribution >= 4 is 73.3 Å². The number of piperazine rings is 1. The Bertz CT molecular complexity index is 1090. The average Bonchev–Trinajstić information content (AvgIpc) is 3.18. The van der Waals surface area contributed by atoms with Gasteiger partial charge in [0, 0.05) is 55.0 Å². The van der Waals surface area contributed by atoms with Gasteiger partial charge >= 0.3 is 0 Å². The third-order valence-corrected chi connectivity index (χ3v) is 7.07. The molecular weight excluding hydrogens is 553 g/mol. The minimum absolute atomic E-state index is 0. The Morgan fingerprint density at radius 2 is 1.94 bits per heavy atom. The molecule has 0 spiro atoms. The number of nitro groups is 1. The molecule has 1 aromatic heterocycles. The fourth-order valence-electron chi connectivity index (χ4n) is 3.38. The predicted molar refractivity (Wildman–Crippen MR) is 134 cm³/mol. The fraction of sp³-hybridized carbons (Fsp3) is 0.300. The molecule has 0 saturated carbocycles. The number of nitrogens with one attached hydrogen (secondary N) is 1. The maximum atomic E-state index is 12.3. The summed E-state index contributed by atoms with van der Waals surface area (Å²) in [7, 11) is 0. The quantitative estimate of drug-likeness (QED) is 0.274. The highest BCUT2D eigenvalue weighted by molar-refractivity contribution is 14.1. The zero-order chi connectivity index (χ0) is 21.1. The van der Waals surface area contributed by atoms with Gasteiger partial charge in [0.15, 0.2) is 5.13 Å². The van der Waals surface area contributed by atoms with E-state index in [2.05, 4.69) is 42.7 Å². The lowest BCUT2D eigenvalue weighted by atomic mass is 10.2. The number of aromatic nitrogens is 1. The van der Waals surface area contributed by atoms with Crippen LogP contribution in [0.5, 0.6) is 0 Å². The van der Waals surface area contributed by atoms with Crippen molar-refractivity contribution in [3.05, 3.63) is 61.7 Å². The number of rotatable bonds is 6. The summed E-state index contributed by atoms with van der Waals surface area (Å²) in [6.07, 6.45) is 0. The first-order chi connectivity index (χ1) is 14.5. The van der Waals surface area contributed by atoms with Crippen LogP contribution in [0.4, 0.5) is 10.8 Å². The van der Waals surface area contributed by atoms with Gasteiger partial charge in [-0.15, -0.1) is 12.4 Å². The van der Waals surface area contributed by atoms with E-state index in [9.17, 15) is 14.9 Å². The molecular formula is C20H21ClIN5O3S. The summed E-state index contributed by atoms with van der Waals surface area (Å²) < 4.78 is 1.78. The SMILES string of the molecule is Cl.O=C(NCCN1CCN(c2nc3ccc([N+](=O)[O-])cc3s2)CC1)c1ccccc1I. The second-order valence-corrected chi connectivity index (χ2v) is 9.14. The van der Waals surface area contributed by atoms with E-state index in [-0.39, 0.29) is 28.9 Å². The molecule has 1 N–H and O–H groups in total. The molecule has 0 atom stereocenters. The predicted octanol–water partition coefficient (Wildman–Crippen LogP) is 3.78. The number of nitrogens with zero attached hydrogens (tertiary/aromatic N) is 4. The van der Waals surface area contributed by atoms with Gasteiger partial charge in [-0.2, -0.15) is 0 Å². The van der Waals surface area contributed by atoms with E-state index >= 15 is 0 Å². The molecule has 1 fully saturated rings. The Balaban J connectivity index is 0.00000272. The number of thiazole rings is 1. The summed E-state index contributed by atoms with van der Waals surface area (Å²) in [6, 6.07) is 12.3. The second kappa shape index (κ2) is 10.5. The van der Waals surface area contributed by atoms with E-state index in [1.165, 1.54) is 17.4 Å². The normalized spacial score (nSPS) is 14.3. The highest BCUT2D eigenvalue weighted by Crippen LogP contribution is 2.31. The Kier molecular flexibility index (Phi) is 8.03. The molecule has 11 heteroatoms. The van der Waals surface area contributed by atoms with Gasteiger partial charge in [0.1, 0.15) is 0 Å². The van der Waals surface area contributed by atoms with Crippen molar-refractivity contribution in [2.75, 3.05) is 44.2 Å². The van der Waals surface area contributed by atoms with E-state index in [4.69, 9.17) is 0 Å². The number of hydrogen-bond donors (Lipinski definition) is 1. The minimum atomic E-state index is -0.380. The molecule has 0 aliphatic carbocycles. The lowest BCUT2D eigenvalue weighted by Crippen LogP contribution is -2.48. The summed E-state index contributed by atoms with van der Waals surface area (Å²) in [4.78, 5) is 32.1. The second-order valence-electron chi connectivity index (χ2n) is 6.97. The first-order valence-electron chi connectivity index (χ1n) is 9.56. The monoisotopic (exact) mass is 573 g/mol. The Labute approximate surface area is 203 Å². The maximum absolute atomic E-state index is 12.3. The van der Waals surface area contributed by atoms with Gasteiger partial charge < -0.3 is 10.2 Å². The molecule has 0 bridgehead atoms. The highest BCUT2D eigenvalue weighted by atomic mass is 127. The van der Waals surface area contributed by atoms with E-state index in [0.717, 1.165) is 51.6 Å². The van der Waals surface area contributed by atoms with Crippen molar-refractivity contribution in [3.63, 3.8) is 0 Å². The summed E-state index contributed by atoms with van der Waals surface area (Å²) in [5.74, 6) is -0.0396. The zero-order valence-electron chi connectivity index (χ0n) is 16.5. The fourth-order valence-corrected chi connectivity index (χ4v) is 5.06. The number of fused-ring (bicyclic) bond motifs is 1. The molecule has 3 aromatic rings. The number of halogens is 2. The van der Waals surface area contributed by atoms with E-state index in [0.29, 0.717) is 12.1 Å². The van der Waals surface area contributed by atoms with Crippen LogP contribution in [0, 0.1) is 13.7 Å². The number of non-ortho nitro benzene ring substituents is 1. The van der Waals surface area contributed by atoms with Gasteiger partial charge in [-0.25, -0.2) is 4.98 Å². The number of nitro benzene ring substituents is 1. The lowest BCUT2D eigenvalue weighted by molar-refractivity contribution is -0.384. The van der Waals surface area contributed by atoms with Gasteiger partial charge in [0.05, 0.1) is 20.7 Å². The Morgan fingerprint density at radius 3 is 2.65 bits per heavy atom. The summed E-state index contributed by atoms with van der Waals surface area (Å²) in [5, 5.41) is 14.9. The van der Waals surface area contributed by atoms with Gasteiger partial charge in [0.2, 0.25) is 0 Å². The van der Waals surface area contributed by atoms with Crippen molar-refractivity contribution in [2.24, 2.45) is 0 Å². The summed E-state index contributed by atoms with van der Waals surface area (Å²) in [5.41, 5.74) is 1.59. The zero-order valence-corrected chi connectivity index (χ0v) is 20.3. The number of carbonyl (C=O) groups excluding carboxylic acids is 1. The van der Waals surface area contributed by atoms with Crippen LogP contribution >= 0.6 is 46.3 Å². The first-order valence-corrected chi connectivity index (χ1v) is 11.5. The van der Waals surface area contributed by atoms with E-state index < -0.39 is 0 Å². The smallest absolute Gasteiger partial charge is 0.270 e. The first kappa shape index (κ1) is 23.6. The highest BCUT2D eigenvalue weighted by Gasteiger charge is 2.20. The number of anilines is 1. The molecule has 0 radical (unpaired) electrons. The van der Waals surface area contributed by atoms with Crippen LogP contribution in [0.15, 0.2) is 42.5 Å². The molecule has 1 aliphatic rings. The number of benzene rings is 2. The van der Waals surface area contributed by atoms with Gasteiger partial charge in [-0.3, -0.25) is 19.8 Å². The molecule has 31 heavy (non-hydrogen) atoms. The van der Waals surface area contributed by atoms with Crippen molar-refractivity contribution in [3.8, 4) is 0 Å². The number of amides is 1. The molecule has 164 valence electrons. The minimum Gasteiger partial charge on any atom is -0.351 e. The van der Waals surface area contributed by atoms with Gasteiger partial charge in [0.25, 0.3) is 11.6 Å². The topological polar surface area (TPSA) is 91.6 Å². The molecule has 4 rings (SSSR count). The molecule has 8 nitrogen and oxygen atoms in total. The van der Waals surface area contributed by atoms with Crippen molar-refractivity contribution in [2.45, 2.75) is 0 Å². The van der Waals surface area contributed by atoms with Crippen LogP contribution in [0.3, 0.4) is 0 Å². The van der Waals surface area contributed by atoms with Crippen LogP contribution in [0.25, 0.3) is 10.2 Å². The van der Waals surface area contributed by atoms with Gasteiger partial charge in [-0.1, -0.05) is 23.5 Å². The number of hydrogen-bond acceptors (Lipinski definition) is 7. The van der Waals surface area contributed by atoms with Crippen LogP contribution in [-0.4, -0.2) is 60.0 Å². The largest absolute Gasteiger partial charge is 0.351 e. The summed E-state index contributed by atoms with van der Waals surface area (Å²) >= 11 is 3.66. The average molecular weight is 574 g/mol. The third kappa shape index (κ3) is 5.62. The lowest BCUT2D eigenvalue weighted by Gasteiger charge is -2.34. The van der Waals surface area contributed by atoms with E-state index in [1.54, 1.807) is 12.1 Å². The van der Waals surface area contributed by atoms with Crippen molar-refractivity contribution < 1.29 is 9.72 Å².